The van der Waals surface area contributed by atoms with Crippen molar-refractivity contribution in [3.63, 3.8) is 0 Å². The molecule has 0 spiro atoms. The number of likely N-dealkylation sites (N-methyl/N-ethyl adjacent to an activating group) is 1. The summed E-state index contributed by atoms with van der Waals surface area (Å²) in [6.07, 6.45) is 5.91. The fourth-order valence-electron chi connectivity index (χ4n) is 4.07. The third kappa shape index (κ3) is 2.48. The van der Waals surface area contributed by atoms with Crippen LogP contribution in [-0.2, 0) is 4.79 Å². The predicted molar refractivity (Wildman–Crippen MR) is 90.9 cm³/mol. The number of carbonyl (C=O) groups is 1. The highest BCUT2D eigenvalue weighted by atomic mass is 16.2. The number of aromatic nitrogens is 2. The van der Waals surface area contributed by atoms with Crippen LogP contribution in [0.15, 0.2) is 12.1 Å². The van der Waals surface area contributed by atoms with Gasteiger partial charge in [0, 0.05) is 37.6 Å². The first kappa shape index (κ1) is 14.6. The largest absolute Gasteiger partial charge is 0.352 e. The lowest BCUT2D eigenvalue weighted by Crippen LogP contribution is -2.62. The van der Waals surface area contributed by atoms with Crippen LogP contribution in [0.1, 0.15) is 43.7 Å². The van der Waals surface area contributed by atoms with Gasteiger partial charge in [0.1, 0.15) is 0 Å². The highest BCUT2D eigenvalue weighted by Gasteiger charge is 2.45. The van der Waals surface area contributed by atoms with Crippen molar-refractivity contribution in [2.45, 2.75) is 56.1 Å². The van der Waals surface area contributed by atoms with Gasteiger partial charge >= 0.3 is 0 Å². The van der Waals surface area contributed by atoms with Gasteiger partial charge in [0.05, 0.1) is 11.7 Å². The first-order chi connectivity index (χ1) is 11.7. The van der Waals surface area contributed by atoms with E-state index in [2.05, 4.69) is 44.1 Å². The molecule has 1 amide bonds. The van der Waals surface area contributed by atoms with E-state index in [1.54, 1.807) is 0 Å². The second-order valence-corrected chi connectivity index (χ2v) is 7.88. The molecule has 0 bridgehead atoms. The van der Waals surface area contributed by atoms with Crippen LogP contribution in [0.4, 0.5) is 5.82 Å². The lowest BCUT2D eigenvalue weighted by molar-refractivity contribution is -0.133. The number of likely N-dealkylation sites (tertiary alicyclic amines) is 1. The lowest BCUT2D eigenvalue weighted by Gasteiger charge is -2.46. The molecule has 24 heavy (non-hydrogen) atoms. The van der Waals surface area contributed by atoms with Crippen LogP contribution in [0, 0.1) is 0 Å². The molecule has 1 aromatic rings. The topological polar surface area (TPSA) is 52.6 Å². The summed E-state index contributed by atoms with van der Waals surface area (Å²) >= 11 is 0. The number of carbonyl (C=O) groups excluding carboxylic acids is 1. The molecule has 1 unspecified atom stereocenters. The minimum atomic E-state index is 0.0843. The second-order valence-electron chi connectivity index (χ2n) is 7.88. The van der Waals surface area contributed by atoms with Crippen LogP contribution in [0.2, 0.25) is 0 Å². The summed E-state index contributed by atoms with van der Waals surface area (Å²) < 4.78 is 0. The van der Waals surface area contributed by atoms with Gasteiger partial charge in [0.2, 0.25) is 5.91 Å². The van der Waals surface area contributed by atoms with Crippen molar-refractivity contribution in [2.24, 2.45) is 0 Å². The predicted octanol–water partition coefficient (Wildman–Crippen LogP) is 1.24. The van der Waals surface area contributed by atoms with Crippen LogP contribution < -0.4 is 4.90 Å². The number of rotatable bonds is 5. The molecule has 1 atom stereocenters. The zero-order valence-electron chi connectivity index (χ0n) is 14.3. The molecular formula is C18H25N5O. The Labute approximate surface area is 142 Å². The van der Waals surface area contributed by atoms with Gasteiger partial charge in [-0.25, -0.2) is 0 Å². The number of nitrogens with zero attached hydrogens (tertiary/aromatic N) is 5. The zero-order valence-corrected chi connectivity index (χ0v) is 14.3. The molecular weight excluding hydrogens is 302 g/mol. The number of hydrogen-bond donors (Lipinski definition) is 0. The smallest absolute Gasteiger partial charge is 0.240 e. The van der Waals surface area contributed by atoms with Crippen LogP contribution in [0.25, 0.3) is 0 Å². The molecule has 0 aromatic carbocycles. The monoisotopic (exact) mass is 327 g/mol. The Kier molecular flexibility index (Phi) is 3.30. The fourth-order valence-corrected chi connectivity index (χ4v) is 4.07. The molecule has 4 fully saturated rings. The Balaban J connectivity index is 1.17. The first-order valence-corrected chi connectivity index (χ1v) is 9.31. The van der Waals surface area contributed by atoms with E-state index in [9.17, 15) is 4.79 Å². The summed E-state index contributed by atoms with van der Waals surface area (Å²) in [4.78, 5) is 19.3. The third-order valence-corrected chi connectivity index (χ3v) is 6.12. The van der Waals surface area contributed by atoms with E-state index in [4.69, 9.17) is 0 Å². The van der Waals surface area contributed by atoms with Crippen molar-refractivity contribution >= 4 is 11.7 Å². The Morgan fingerprint density at radius 2 is 1.88 bits per heavy atom. The lowest BCUT2D eigenvalue weighted by atomic mass is 10.0. The van der Waals surface area contributed by atoms with Crippen molar-refractivity contribution < 1.29 is 4.79 Å². The van der Waals surface area contributed by atoms with E-state index >= 15 is 0 Å². The second kappa shape index (κ2) is 5.41. The molecule has 4 aliphatic rings. The van der Waals surface area contributed by atoms with E-state index in [1.165, 1.54) is 25.7 Å². The van der Waals surface area contributed by atoms with E-state index < -0.39 is 0 Å². The van der Waals surface area contributed by atoms with Crippen LogP contribution in [0.3, 0.4) is 0 Å². The maximum Gasteiger partial charge on any atom is 0.240 e. The Morgan fingerprint density at radius 3 is 2.50 bits per heavy atom. The van der Waals surface area contributed by atoms with Crippen LogP contribution in [0.5, 0.6) is 0 Å². The first-order valence-electron chi connectivity index (χ1n) is 9.31. The minimum Gasteiger partial charge on any atom is -0.352 e. The van der Waals surface area contributed by atoms with Gasteiger partial charge in [0.25, 0.3) is 0 Å². The van der Waals surface area contributed by atoms with Gasteiger partial charge < -0.3 is 9.80 Å². The fraction of sp³-hybridized carbons (Fsp3) is 0.722. The van der Waals surface area contributed by atoms with Crippen molar-refractivity contribution in [3.05, 3.63) is 17.8 Å². The molecule has 0 N–H and O–H groups in total. The highest BCUT2D eigenvalue weighted by Crippen LogP contribution is 2.39. The van der Waals surface area contributed by atoms with Crippen molar-refractivity contribution in [1.29, 1.82) is 0 Å². The molecule has 128 valence electrons. The molecule has 3 heterocycles. The molecule has 0 radical (unpaired) electrons. The van der Waals surface area contributed by atoms with Gasteiger partial charge in [-0.3, -0.25) is 9.69 Å². The molecule has 6 nitrogen and oxygen atoms in total. The summed E-state index contributed by atoms with van der Waals surface area (Å²) in [7, 11) is 2.11. The summed E-state index contributed by atoms with van der Waals surface area (Å²) in [5.41, 5.74) is 1.14. The van der Waals surface area contributed by atoms with E-state index in [0.717, 1.165) is 37.6 Å². The standard InChI is InChI=1S/C18H25N5O/c1-21(16-8-9-23(18(16)24)13-4-5-13)14-10-22(11-14)17-7-6-15(19-20-17)12-2-3-12/h6-7,12-14,16H,2-5,8-11H2,1H3. The Hall–Kier alpha value is -1.69. The van der Waals surface area contributed by atoms with Gasteiger partial charge in [-0.1, -0.05) is 0 Å². The summed E-state index contributed by atoms with van der Waals surface area (Å²) in [6, 6.07) is 5.32. The van der Waals surface area contributed by atoms with E-state index in [0.29, 0.717) is 23.9 Å². The normalized spacial score (nSPS) is 27.9. The average Bonchev–Trinajstić information content (AvgIpc) is 3.44. The molecule has 2 saturated heterocycles. The number of amides is 1. The Bertz CT molecular complexity index is 633. The summed E-state index contributed by atoms with van der Waals surface area (Å²) in [5.74, 6) is 1.98. The minimum absolute atomic E-state index is 0.0843. The maximum atomic E-state index is 12.6. The molecule has 2 saturated carbocycles. The third-order valence-electron chi connectivity index (χ3n) is 6.12. The molecule has 2 aliphatic heterocycles. The quantitative estimate of drug-likeness (QED) is 0.814. The molecule has 2 aliphatic carbocycles. The number of hydrogen-bond acceptors (Lipinski definition) is 5. The number of anilines is 1. The van der Waals surface area contributed by atoms with Gasteiger partial charge in [-0.15, -0.1) is 5.10 Å². The van der Waals surface area contributed by atoms with E-state index in [-0.39, 0.29) is 6.04 Å². The average molecular weight is 327 g/mol. The summed E-state index contributed by atoms with van der Waals surface area (Å²) in [6.45, 7) is 2.84. The van der Waals surface area contributed by atoms with Crippen molar-refractivity contribution in [3.8, 4) is 0 Å². The highest BCUT2D eigenvalue weighted by molar-refractivity contribution is 5.84. The SMILES string of the molecule is CN(C1CN(c2ccc(C3CC3)nn2)C1)C1CCN(C2CC2)C1=O. The maximum absolute atomic E-state index is 12.6. The van der Waals surface area contributed by atoms with Crippen molar-refractivity contribution in [2.75, 3.05) is 31.6 Å². The van der Waals surface area contributed by atoms with Gasteiger partial charge in [-0.2, -0.15) is 5.10 Å². The zero-order chi connectivity index (χ0) is 16.3. The van der Waals surface area contributed by atoms with Crippen LogP contribution >= 0.6 is 0 Å². The van der Waals surface area contributed by atoms with Gasteiger partial charge in [-0.05, 0) is 51.3 Å². The van der Waals surface area contributed by atoms with Gasteiger partial charge in [0.15, 0.2) is 5.82 Å². The van der Waals surface area contributed by atoms with Crippen molar-refractivity contribution in [1.82, 2.24) is 20.0 Å². The molecule has 1 aromatic heterocycles. The summed E-state index contributed by atoms with van der Waals surface area (Å²) in [5, 5.41) is 8.77. The molecule has 6 heteroatoms. The van der Waals surface area contributed by atoms with E-state index in [1.807, 2.05) is 0 Å². The Morgan fingerprint density at radius 1 is 1.08 bits per heavy atom. The van der Waals surface area contributed by atoms with Crippen LogP contribution in [-0.4, -0.2) is 70.7 Å². The molecule has 5 rings (SSSR count).